The second-order valence-corrected chi connectivity index (χ2v) is 5.93. The van der Waals surface area contributed by atoms with Crippen LogP contribution in [-0.4, -0.2) is 29.6 Å². The first kappa shape index (κ1) is 15.5. The molecule has 5 heteroatoms. The van der Waals surface area contributed by atoms with Crippen molar-refractivity contribution in [1.82, 2.24) is 5.32 Å². The van der Waals surface area contributed by atoms with Crippen molar-refractivity contribution in [1.29, 1.82) is 0 Å². The zero-order valence-corrected chi connectivity index (χ0v) is 12.3. The highest BCUT2D eigenvalue weighted by molar-refractivity contribution is 5.87. The molecule has 4 N–H and O–H groups in total. The summed E-state index contributed by atoms with van der Waals surface area (Å²) in [6.45, 7) is 2.41. The van der Waals surface area contributed by atoms with E-state index in [-0.39, 0.29) is 17.5 Å². The first-order valence-corrected chi connectivity index (χ1v) is 7.29. The highest BCUT2D eigenvalue weighted by Gasteiger charge is 2.42. The number of aromatic carboxylic acids is 1. The number of nitrogens with one attached hydrogen (secondary N) is 1. The molecule has 0 aromatic heterocycles. The van der Waals surface area contributed by atoms with E-state index in [9.17, 15) is 9.59 Å². The monoisotopic (exact) mass is 290 g/mol. The van der Waals surface area contributed by atoms with Crippen LogP contribution < -0.4 is 11.1 Å². The number of carboxylic acids is 1. The molecule has 1 aromatic rings. The van der Waals surface area contributed by atoms with E-state index in [1.807, 2.05) is 13.0 Å². The molecule has 0 heterocycles. The number of nitrogens with two attached hydrogens (primary N) is 1. The van der Waals surface area contributed by atoms with Crippen LogP contribution in [0.4, 0.5) is 0 Å². The molecule has 1 fully saturated rings. The summed E-state index contributed by atoms with van der Waals surface area (Å²) in [5.41, 5.74) is 6.72. The average Bonchev–Trinajstić information content (AvgIpc) is 2.80. The van der Waals surface area contributed by atoms with Gasteiger partial charge in [0.2, 0.25) is 5.91 Å². The van der Waals surface area contributed by atoms with Gasteiger partial charge in [-0.3, -0.25) is 4.79 Å². The number of hydrogen-bond acceptors (Lipinski definition) is 3. The van der Waals surface area contributed by atoms with Gasteiger partial charge in [-0.25, -0.2) is 4.79 Å². The van der Waals surface area contributed by atoms with Crippen LogP contribution in [0.3, 0.4) is 0 Å². The molecule has 1 saturated carbocycles. The maximum atomic E-state index is 12.3. The molecule has 0 spiro atoms. The molecule has 114 valence electrons. The van der Waals surface area contributed by atoms with Crippen LogP contribution in [0.1, 0.15) is 42.1 Å². The van der Waals surface area contributed by atoms with Gasteiger partial charge in [0.1, 0.15) is 0 Å². The summed E-state index contributed by atoms with van der Waals surface area (Å²) in [7, 11) is 0. The van der Waals surface area contributed by atoms with Gasteiger partial charge < -0.3 is 16.2 Å². The largest absolute Gasteiger partial charge is 0.478 e. The molecule has 0 radical (unpaired) electrons. The summed E-state index contributed by atoms with van der Waals surface area (Å²) >= 11 is 0. The SMILES string of the molecule is CC1(C(=O)NCCc2cccc(C(=O)O)c2)CCCC1N. The number of hydrogen-bond donors (Lipinski definition) is 3. The third-order valence-corrected chi connectivity index (χ3v) is 4.42. The van der Waals surface area contributed by atoms with Crippen molar-refractivity contribution in [2.75, 3.05) is 6.54 Å². The van der Waals surface area contributed by atoms with Gasteiger partial charge in [-0.1, -0.05) is 18.6 Å². The molecular weight excluding hydrogens is 268 g/mol. The van der Waals surface area contributed by atoms with Crippen LogP contribution >= 0.6 is 0 Å². The molecule has 2 unspecified atom stereocenters. The lowest BCUT2D eigenvalue weighted by Gasteiger charge is -2.27. The smallest absolute Gasteiger partial charge is 0.335 e. The van der Waals surface area contributed by atoms with Crippen LogP contribution in [0, 0.1) is 5.41 Å². The van der Waals surface area contributed by atoms with Crippen molar-refractivity contribution in [2.24, 2.45) is 11.1 Å². The number of benzene rings is 1. The molecule has 0 bridgehead atoms. The van der Waals surface area contributed by atoms with Gasteiger partial charge in [0, 0.05) is 12.6 Å². The molecule has 2 atom stereocenters. The zero-order valence-electron chi connectivity index (χ0n) is 12.3. The third kappa shape index (κ3) is 3.42. The lowest BCUT2D eigenvalue weighted by Crippen LogP contribution is -2.47. The number of carbonyl (C=O) groups is 2. The standard InChI is InChI=1S/C16H22N2O3/c1-16(8-3-6-13(16)17)15(21)18-9-7-11-4-2-5-12(10-11)14(19)20/h2,4-5,10,13H,3,6-9,17H2,1H3,(H,18,21)(H,19,20). The topological polar surface area (TPSA) is 92.4 Å². The summed E-state index contributed by atoms with van der Waals surface area (Å²) in [5.74, 6) is -0.938. The van der Waals surface area contributed by atoms with E-state index in [4.69, 9.17) is 10.8 Å². The van der Waals surface area contributed by atoms with E-state index < -0.39 is 11.4 Å². The first-order valence-electron chi connectivity index (χ1n) is 7.29. The van der Waals surface area contributed by atoms with E-state index in [0.717, 1.165) is 24.8 Å². The fourth-order valence-electron chi connectivity index (χ4n) is 2.86. The van der Waals surface area contributed by atoms with Crippen molar-refractivity contribution in [2.45, 2.75) is 38.6 Å². The molecular formula is C16H22N2O3. The summed E-state index contributed by atoms with van der Waals surface area (Å²) in [6, 6.07) is 6.70. The predicted octanol–water partition coefficient (Wildman–Crippen LogP) is 1.56. The highest BCUT2D eigenvalue weighted by Crippen LogP contribution is 2.36. The van der Waals surface area contributed by atoms with E-state index >= 15 is 0 Å². The zero-order chi connectivity index (χ0) is 15.5. The third-order valence-electron chi connectivity index (χ3n) is 4.42. The number of rotatable bonds is 5. The van der Waals surface area contributed by atoms with Gasteiger partial charge in [0.25, 0.3) is 0 Å². The van der Waals surface area contributed by atoms with Crippen LogP contribution in [0.5, 0.6) is 0 Å². The van der Waals surface area contributed by atoms with Crippen molar-refractivity contribution in [3.8, 4) is 0 Å². The molecule has 1 aliphatic rings. The minimum atomic E-state index is -0.940. The number of amides is 1. The van der Waals surface area contributed by atoms with Gasteiger partial charge >= 0.3 is 5.97 Å². The summed E-state index contributed by atoms with van der Waals surface area (Å²) < 4.78 is 0. The van der Waals surface area contributed by atoms with Crippen LogP contribution in [0.15, 0.2) is 24.3 Å². The van der Waals surface area contributed by atoms with Crippen LogP contribution in [0.25, 0.3) is 0 Å². The van der Waals surface area contributed by atoms with Crippen molar-refractivity contribution in [3.05, 3.63) is 35.4 Å². The van der Waals surface area contributed by atoms with Gasteiger partial charge in [-0.05, 0) is 43.9 Å². The molecule has 21 heavy (non-hydrogen) atoms. The Bertz CT molecular complexity index is 544. The lowest BCUT2D eigenvalue weighted by molar-refractivity contribution is -0.130. The molecule has 1 amide bonds. The van der Waals surface area contributed by atoms with Crippen LogP contribution in [-0.2, 0) is 11.2 Å². The summed E-state index contributed by atoms with van der Waals surface area (Å²) in [4.78, 5) is 23.2. The lowest BCUT2D eigenvalue weighted by atomic mass is 9.84. The Morgan fingerprint density at radius 2 is 2.24 bits per heavy atom. The van der Waals surface area contributed by atoms with Gasteiger partial charge in [0.05, 0.1) is 11.0 Å². The maximum Gasteiger partial charge on any atom is 0.335 e. The predicted molar refractivity (Wildman–Crippen MR) is 80.0 cm³/mol. The average molecular weight is 290 g/mol. The van der Waals surface area contributed by atoms with Crippen LogP contribution in [0.2, 0.25) is 0 Å². The quantitative estimate of drug-likeness (QED) is 0.767. The van der Waals surface area contributed by atoms with Gasteiger partial charge in [-0.15, -0.1) is 0 Å². The Balaban J connectivity index is 1.88. The second kappa shape index (κ2) is 6.26. The normalized spacial score (nSPS) is 24.8. The molecule has 1 aromatic carbocycles. The Morgan fingerprint density at radius 3 is 2.86 bits per heavy atom. The number of carbonyl (C=O) groups excluding carboxylic acids is 1. The van der Waals surface area contributed by atoms with E-state index in [1.54, 1.807) is 18.2 Å². The summed E-state index contributed by atoms with van der Waals surface area (Å²) in [6.07, 6.45) is 3.32. The minimum Gasteiger partial charge on any atom is -0.478 e. The fraction of sp³-hybridized carbons (Fsp3) is 0.500. The molecule has 1 aliphatic carbocycles. The Kier molecular flexibility index (Phi) is 4.63. The van der Waals surface area contributed by atoms with Gasteiger partial charge in [0.15, 0.2) is 0 Å². The van der Waals surface area contributed by atoms with Crippen molar-refractivity contribution >= 4 is 11.9 Å². The summed E-state index contributed by atoms with van der Waals surface area (Å²) in [5, 5.41) is 11.9. The fourth-order valence-corrected chi connectivity index (χ4v) is 2.86. The van der Waals surface area contributed by atoms with Gasteiger partial charge in [-0.2, -0.15) is 0 Å². The maximum absolute atomic E-state index is 12.3. The highest BCUT2D eigenvalue weighted by atomic mass is 16.4. The molecule has 2 rings (SSSR count). The van der Waals surface area contributed by atoms with E-state index in [2.05, 4.69) is 5.32 Å². The Labute approximate surface area is 124 Å². The Morgan fingerprint density at radius 1 is 1.48 bits per heavy atom. The number of carboxylic acid groups (broad SMARTS) is 1. The second-order valence-electron chi connectivity index (χ2n) is 5.93. The Hall–Kier alpha value is -1.88. The molecule has 5 nitrogen and oxygen atoms in total. The van der Waals surface area contributed by atoms with Crippen molar-refractivity contribution < 1.29 is 14.7 Å². The van der Waals surface area contributed by atoms with E-state index in [1.165, 1.54) is 0 Å². The molecule has 0 aliphatic heterocycles. The molecule has 0 saturated heterocycles. The first-order chi connectivity index (χ1) is 9.93. The minimum absolute atomic E-state index is 0.00175. The van der Waals surface area contributed by atoms with Crippen molar-refractivity contribution in [3.63, 3.8) is 0 Å². The van der Waals surface area contributed by atoms with E-state index in [0.29, 0.717) is 13.0 Å².